The number of hydrogen-bond acceptors (Lipinski definition) is 4. The normalized spacial score (nSPS) is 10.0. The van der Waals surface area contributed by atoms with E-state index in [1.165, 1.54) is 4.68 Å². The van der Waals surface area contributed by atoms with E-state index < -0.39 is 0 Å². The zero-order valence-corrected chi connectivity index (χ0v) is 6.29. The van der Waals surface area contributed by atoms with Crippen LogP contribution < -0.4 is 5.32 Å². The van der Waals surface area contributed by atoms with Crippen LogP contribution in [-0.4, -0.2) is 33.4 Å². The molecule has 0 aliphatic rings. The van der Waals surface area contributed by atoms with E-state index in [0.717, 1.165) is 0 Å². The molecule has 0 aliphatic carbocycles. The fourth-order valence-corrected chi connectivity index (χ4v) is 0.646. The lowest BCUT2D eigenvalue weighted by atomic mass is 10.5. The number of rotatable bonds is 4. The van der Waals surface area contributed by atoms with Crippen molar-refractivity contribution in [2.45, 2.75) is 6.42 Å². The number of nitrogens with zero attached hydrogens (tertiary/aromatic N) is 4. The molecule has 0 fully saturated rings. The highest BCUT2D eigenvalue weighted by Gasteiger charge is 1.98. The van der Waals surface area contributed by atoms with E-state index in [2.05, 4.69) is 20.8 Å². The molecule has 11 heavy (non-hydrogen) atoms. The van der Waals surface area contributed by atoms with Gasteiger partial charge in [0.2, 0.25) is 5.95 Å². The third kappa shape index (κ3) is 2.14. The number of aromatic nitrogens is 4. The molecule has 0 amide bonds. The van der Waals surface area contributed by atoms with Gasteiger partial charge in [-0.1, -0.05) is 5.10 Å². The van der Waals surface area contributed by atoms with Crippen molar-refractivity contribution >= 4 is 5.95 Å². The molecule has 0 spiro atoms. The molecule has 0 unspecified atom stereocenters. The van der Waals surface area contributed by atoms with Crippen LogP contribution in [-0.2, 0) is 7.05 Å². The average molecular weight is 159 g/mol. The van der Waals surface area contributed by atoms with E-state index in [-0.39, 0.29) is 6.67 Å². The minimum absolute atomic E-state index is 0.321. The first-order chi connectivity index (χ1) is 5.34. The van der Waals surface area contributed by atoms with Crippen LogP contribution in [0.4, 0.5) is 10.3 Å². The van der Waals surface area contributed by atoms with Crippen LogP contribution in [0.5, 0.6) is 0 Å². The smallest absolute Gasteiger partial charge is 0.242 e. The Hall–Kier alpha value is -1.20. The maximum Gasteiger partial charge on any atom is 0.242 e. The van der Waals surface area contributed by atoms with Gasteiger partial charge >= 0.3 is 0 Å². The van der Waals surface area contributed by atoms with Gasteiger partial charge in [-0.05, 0) is 16.8 Å². The van der Waals surface area contributed by atoms with E-state index in [4.69, 9.17) is 0 Å². The topological polar surface area (TPSA) is 55.6 Å². The molecule has 0 atom stereocenters. The summed E-state index contributed by atoms with van der Waals surface area (Å²) in [6.45, 7) is 0.239. The summed E-state index contributed by atoms with van der Waals surface area (Å²) >= 11 is 0. The van der Waals surface area contributed by atoms with E-state index in [1.54, 1.807) is 7.05 Å². The molecule has 0 aliphatic heterocycles. The van der Waals surface area contributed by atoms with Crippen molar-refractivity contribution in [3.05, 3.63) is 0 Å². The average Bonchev–Trinajstić information content (AvgIpc) is 2.37. The molecule has 0 aromatic carbocycles. The second-order valence-corrected chi connectivity index (χ2v) is 2.10. The number of hydrogen-bond donors (Lipinski definition) is 1. The molecule has 5 nitrogen and oxygen atoms in total. The highest BCUT2D eigenvalue weighted by atomic mass is 19.1. The zero-order chi connectivity index (χ0) is 8.10. The van der Waals surface area contributed by atoms with Crippen molar-refractivity contribution in [3.63, 3.8) is 0 Å². The minimum Gasteiger partial charge on any atom is -0.353 e. The van der Waals surface area contributed by atoms with E-state index >= 15 is 0 Å². The van der Waals surface area contributed by atoms with Crippen LogP contribution >= 0.6 is 0 Å². The fourth-order valence-electron chi connectivity index (χ4n) is 0.646. The van der Waals surface area contributed by atoms with Crippen molar-refractivity contribution < 1.29 is 4.39 Å². The van der Waals surface area contributed by atoms with Crippen LogP contribution in [0.1, 0.15) is 6.42 Å². The van der Waals surface area contributed by atoms with Gasteiger partial charge in [-0.3, -0.25) is 4.39 Å². The summed E-state index contributed by atoms with van der Waals surface area (Å²) in [4.78, 5) is 0. The summed E-state index contributed by atoms with van der Waals surface area (Å²) in [5.41, 5.74) is 0. The molecule has 1 rings (SSSR count). The van der Waals surface area contributed by atoms with Gasteiger partial charge in [-0.15, -0.1) is 0 Å². The second kappa shape index (κ2) is 3.85. The Labute approximate surface area is 63.6 Å². The third-order valence-electron chi connectivity index (χ3n) is 1.21. The maximum absolute atomic E-state index is 11.6. The van der Waals surface area contributed by atoms with Crippen molar-refractivity contribution in [2.75, 3.05) is 18.5 Å². The summed E-state index contributed by atoms with van der Waals surface area (Å²) in [6, 6.07) is 0. The number of tetrazole rings is 1. The Morgan fingerprint density at radius 1 is 1.64 bits per heavy atom. The Morgan fingerprint density at radius 2 is 2.45 bits per heavy atom. The molecule has 0 saturated heterocycles. The fraction of sp³-hybridized carbons (Fsp3) is 0.800. The molecule has 1 aromatic heterocycles. The molecular weight excluding hydrogens is 149 g/mol. The largest absolute Gasteiger partial charge is 0.353 e. The van der Waals surface area contributed by atoms with Gasteiger partial charge < -0.3 is 5.32 Å². The molecule has 0 bridgehead atoms. The van der Waals surface area contributed by atoms with Crippen molar-refractivity contribution in [3.8, 4) is 0 Å². The lowest BCUT2D eigenvalue weighted by Gasteiger charge is -1.99. The number of anilines is 1. The number of nitrogens with one attached hydrogen (secondary N) is 1. The SMILES string of the molecule is Cn1nnnc1NCCCF. The molecule has 6 heteroatoms. The predicted octanol–water partition coefficient (Wildman–Crippen LogP) is -0.0184. The number of aryl methyl sites for hydroxylation is 1. The first-order valence-electron chi connectivity index (χ1n) is 3.37. The molecule has 0 saturated carbocycles. The monoisotopic (exact) mass is 159 g/mol. The van der Waals surface area contributed by atoms with Gasteiger partial charge in [0.05, 0.1) is 6.67 Å². The predicted molar refractivity (Wildman–Crippen MR) is 37.9 cm³/mol. The number of alkyl halides is 1. The lowest BCUT2D eigenvalue weighted by molar-refractivity contribution is 0.480. The first-order valence-corrected chi connectivity index (χ1v) is 3.37. The minimum atomic E-state index is -0.321. The highest BCUT2D eigenvalue weighted by molar-refractivity contribution is 5.20. The van der Waals surface area contributed by atoms with Crippen LogP contribution in [0.25, 0.3) is 0 Å². The standard InChI is InChI=1S/C5H10FN5/c1-11-5(8-9-10-11)7-4-2-3-6/h2-4H2,1H3,(H,7,8,10). The van der Waals surface area contributed by atoms with Gasteiger partial charge in [0.25, 0.3) is 0 Å². The van der Waals surface area contributed by atoms with Crippen molar-refractivity contribution in [1.29, 1.82) is 0 Å². The Kier molecular flexibility index (Phi) is 2.76. The summed E-state index contributed by atoms with van der Waals surface area (Å²) in [6.07, 6.45) is 0.479. The highest BCUT2D eigenvalue weighted by Crippen LogP contribution is 1.94. The lowest BCUT2D eigenvalue weighted by Crippen LogP contribution is -2.07. The maximum atomic E-state index is 11.6. The summed E-state index contributed by atoms with van der Waals surface area (Å²) in [5, 5.41) is 13.5. The summed E-state index contributed by atoms with van der Waals surface area (Å²) in [5.74, 6) is 0.568. The molecule has 62 valence electrons. The van der Waals surface area contributed by atoms with Crippen molar-refractivity contribution in [1.82, 2.24) is 20.2 Å². The summed E-state index contributed by atoms with van der Waals surface area (Å²) < 4.78 is 13.1. The Bertz CT molecular complexity index is 210. The molecule has 1 aromatic rings. The van der Waals surface area contributed by atoms with Crippen LogP contribution in [0.3, 0.4) is 0 Å². The quantitative estimate of drug-likeness (QED) is 0.627. The van der Waals surface area contributed by atoms with Crippen LogP contribution in [0.15, 0.2) is 0 Å². The Balaban J connectivity index is 2.32. The molecule has 1 heterocycles. The second-order valence-electron chi connectivity index (χ2n) is 2.10. The summed E-state index contributed by atoms with van der Waals surface area (Å²) in [7, 11) is 1.72. The number of halogens is 1. The van der Waals surface area contributed by atoms with E-state index in [0.29, 0.717) is 18.9 Å². The van der Waals surface area contributed by atoms with Crippen molar-refractivity contribution in [2.24, 2.45) is 7.05 Å². The van der Waals surface area contributed by atoms with E-state index in [9.17, 15) is 4.39 Å². The molecular formula is C5H10FN5. The third-order valence-corrected chi connectivity index (χ3v) is 1.21. The van der Waals surface area contributed by atoms with Crippen LogP contribution in [0.2, 0.25) is 0 Å². The molecule has 1 N–H and O–H groups in total. The molecule has 0 radical (unpaired) electrons. The van der Waals surface area contributed by atoms with E-state index in [1.807, 2.05) is 0 Å². The van der Waals surface area contributed by atoms with Gasteiger partial charge in [0, 0.05) is 13.6 Å². The first kappa shape index (κ1) is 7.90. The van der Waals surface area contributed by atoms with Gasteiger partial charge in [0.15, 0.2) is 0 Å². The van der Waals surface area contributed by atoms with Gasteiger partial charge in [0.1, 0.15) is 0 Å². The van der Waals surface area contributed by atoms with Gasteiger partial charge in [-0.25, -0.2) is 4.68 Å². The van der Waals surface area contributed by atoms with Gasteiger partial charge in [-0.2, -0.15) is 0 Å². The van der Waals surface area contributed by atoms with Crippen LogP contribution in [0, 0.1) is 0 Å². The Morgan fingerprint density at radius 3 is 3.00 bits per heavy atom. The zero-order valence-electron chi connectivity index (χ0n) is 6.29.